The molecular formula is C30H43NO4. The Morgan fingerprint density at radius 1 is 0.771 bits per heavy atom. The van der Waals surface area contributed by atoms with Gasteiger partial charge in [-0.25, -0.2) is 4.79 Å². The van der Waals surface area contributed by atoms with Crippen molar-refractivity contribution in [2.45, 2.75) is 96.8 Å². The molecule has 35 heavy (non-hydrogen) atoms. The van der Waals surface area contributed by atoms with Crippen LogP contribution >= 0.6 is 0 Å². The molecule has 0 aliphatic carbocycles. The summed E-state index contributed by atoms with van der Waals surface area (Å²) >= 11 is 0. The van der Waals surface area contributed by atoms with E-state index in [9.17, 15) is 9.59 Å². The van der Waals surface area contributed by atoms with Gasteiger partial charge in [0.05, 0.1) is 18.2 Å². The molecular weight excluding hydrogens is 438 g/mol. The van der Waals surface area contributed by atoms with Gasteiger partial charge in [0.15, 0.2) is 0 Å². The lowest BCUT2D eigenvalue weighted by atomic mass is 9.98. The molecule has 5 nitrogen and oxygen atoms in total. The highest BCUT2D eigenvalue weighted by Crippen LogP contribution is 2.26. The van der Waals surface area contributed by atoms with Crippen LogP contribution in [-0.4, -0.2) is 24.1 Å². The highest BCUT2D eigenvalue weighted by atomic mass is 16.5. The fraction of sp³-hybridized carbons (Fsp3) is 0.533. The minimum atomic E-state index is -0.993. The fourth-order valence-corrected chi connectivity index (χ4v) is 4.44. The van der Waals surface area contributed by atoms with Gasteiger partial charge in [-0.05, 0) is 48.7 Å². The Labute approximate surface area is 211 Å². The average Bonchev–Trinajstić information content (AvgIpc) is 2.86. The topological polar surface area (TPSA) is 75.6 Å². The maximum Gasteiger partial charge on any atom is 0.335 e. The second kappa shape index (κ2) is 16.7. The van der Waals surface area contributed by atoms with E-state index in [1.165, 1.54) is 82.8 Å². The number of carbonyl (C=O) groups is 2. The number of unbranched alkanes of at least 4 members (excludes halogenated alkanes) is 12. The SMILES string of the molecule is CCCCCCCCCCCCCCCc1cccc(OC)c1C(=O)Nc1ccc(C(=O)O)cc1. The molecule has 2 rings (SSSR count). The van der Waals surface area contributed by atoms with Crippen molar-refractivity contribution in [2.75, 3.05) is 12.4 Å². The molecule has 5 heteroatoms. The van der Waals surface area contributed by atoms with Gasteiger partial charge in [0.1, 0.15) is 5.75 Å². The molecule has 0 aliphatic heterocycles. The summed E-state index contributed by atoms with van der Waals surface area (Å²) < 4.78 is 5.48. The number of aromatic carboxylic acids is 1. The Balaban J connectivity index is 1.75. The Morgan fingerprint density at radius 2 is 1.31 bits per heavy atom. The normalized spacial score (nSPS) is 10.8. The number of carboxylic acids is 1. The van der Waals surface area contributed by atoms with Gasteiger partial charge < -0.3 is 15.2 Å². The summed E-state index contributed by atoms with van der Waals surface area (Å²) in [5.41, 5.74) is 2.27. The zero-order valence-corrected chi connectivity index (χ0v) is 21.6. The number of carbonyl (C=O) groups excluding carboxylic acids is 1. The Morgan fingerprint density at radius 3 is 1.83 bits per heavy atom. The molecule has 0 unspecified atom stereocenters. The maximum absolute atomic E-state index is 13.1. The highest BCUT2D eigenvalue weighted by Gasteiger charge is 2.17. The van der Waals surface area contributed by atoms with Crippen LogP contribution in [0.2, 0.25) is 0 Å². The smallest absolute Gasteiger partial charge is 0.335 e. The number of anilines is 1. The highest BCUT2D eigenvalue weighted by molar-refractivity contribution is 6.07. The van der Waals surface area contributed by atoms with E-state index in [1.807, 2.05) is 12.1 Å². The summed E-state index contributed by atoms with van der Waals surface area (Å²) in [4.78, 5) is 24.1. The van der Waals surface area contributed by atoms with E-state index < -0.39 is 5.97 Å². The van der Waals surface area contributed by atoms with Crippen molar-refractivity contribution >= 4 is 17.6 Å². The van der Waals surface area contributed by atoms with Crippen LogP contribution in [0.3, 0.4) is 0 Å². The third-order valence-corrected chi connectivity index (χ3v) is 6.50. The number of aryl methyl sites for hydroxylation is 1. The van der Waals surface area contributed by atoms with E-state index in [-0.39, 0.29) is 11.5 Å². The third-order valence-electron chi connectivity index (χ3n) is 6.50. The van der Waals surface area contributed by atoms with Crippen molar-refractivity contribution < 1.29 is 19.4 Å². The van der Waals surface area contributed by atoms with E-state index in [0.717, 1.165) is 24.8 Å². The number of carboxylic acid groups (broad SMARTS) is 1. The van der Waals surface area contributed by atoms with E-state index in [2.05, 4.69) is 12.2 Å². The van der Waals surface area contributed by atoms with Gasteiger partial charge in [-0.3, -0.25) is 4.79 Å². The molecule has 0 spiro atoms. The number of ether oxygens (including phenoxy) is 1. The largest absolute Gasteiger partial charge is 0.496 e. The van der Waals surface area contributed by atoms with Gasteiger partial charge in [0.25, 0.3) is 5.91 Å². The number of methoxy groups -OCH3 is 1. The van der Waals surface area contributed by atoms with Crippen LogP contribution in [0.15, 0.2) is 42.5 Å². The predicted octanol–water partition coefficient (Wildman–Crippen LogP) is 8.28. The molecule has 192 valence electrons. The number of benzene rings is 2. The first-order chi connectivity index (χ1) is 17.1. The van der Waals surface area contributed by atoms with Crippen molar-refractivity contribution in [3.05, 3.63) is 59.2 Å². The predicted molar refractivity (Wildman–Crippen MR) is 144 cm³/mol. The quantitative estimate of drug-likeness (QED) is 0.210. The van der Waals surface area contributed by atoms with Crippen LogP contribution in [0, 0.1) is 0 Å². The van der Waals surface area contributed by atoms with Crippen LogP contribution in [-0.2, 0) is 6.42 Å². The second-order valence-electron chi connectivity index (χ2n) is 9.32. The first-order valence-corrected chi connectivity index (χ1v) is 13.4. The average molecular weight is 482 g/mol. The molecule has 2 aromatic carbocycles. The summed E-state index contributed by atoms with van der Waals surface area (Å²) in [5, 5.41) is 11.9. The molecule has 1 amide bonds. The summed E-state index contributed by atoms with van der Waals surface area (Å²) in [7, 11) is 1.57. The van der Waals surface area contributed by atoms with Crippen LogP contribution in [0.5, 0.6) is 5.75 Å². The summed E-state index contributed by atoms with van der Waals surface area (Å²) in [6, 6.07) is 11.9. The Hall–Kier alpha value is -2.82. The molecule has 0 bridgehead atoms. The van der Waals surface area contributed by atoms with Crippen LogP contribution in [0.4, 0.5) is 5.69 Å². The summed E-state index contributed by atoms with van der Waals surface area (Å²) in [6.07, 6.45) is 17.9. The van der Waals surface area contributed by atoms with Crippen LogP contribution in [0.25, 0.3) is 0 Å². The third kappa shape index (κ3) is 10.5. The van der Waals surface area contributed by atoms with Crippen molar-refractivity contribution in [3.63, 3.8) is 0 Å². The van der Waals surface area contributed by atoms with Gasteiger partial charge in [0, 0.05) is 5.69 Å². The molecule has 0 atom stereocenters. The van der Waals surface area contributed by atoms with Crippen LogP contribution in [0.1, 0.15) is 117 Å². The lowest BCUT2D eigenvalue weighted by Crippen LogP contribution is -2.16. The minimum absolute atomic E-state index is 0.184. The van der Waals surface area contributed by atoms with Gasteiger partial charge in [-0.15, -0.1) is 0 Å². The maximum atomic E-state index is 13.1. The molecule has 0 saturated heterocycles. The van der Waals surface area contributed by atoms with E-state index in [1.54, 1.807) is 25.3 Å². The number of rotatable bonds is 18. The lowest BCUT2D eigenvalue weighted by Gasteiger charge is -2.14. The zero-order chi connectivity index (χ0) is 25.3. The number of hydrogen-bond acceptors (Lipinski definition) is 3. The monoisotopic (exact) mass is 481 g/mol. The molecule has 0 radical (unpaired) electrons. The van der Waals surface area contributed by atoms with Gasteiger partial charge in [0.2, 0.25) is 0 Å². The fourth-order valence-electron chi connectivity index (χ4n) is 4.44. The first-order valence-electron chi connectivity index (χ1n) is 13.4. The van der Waals surface area contributed by atoms with E-state index in [4.69, 9.17) is 9.84 Å². The molecule has 0 saturated carbocycles. The van der Waals surface area contributed by atoms with Gasteiger partial charge >= 0.3 is 5.97 Å². The van der Waals surface area contributed by atoms with Crippen molar-refractivity contribution in [1.82, 2.24) is 0 Å². The Kier molecular flexibility index (Phi) is 13.6. The molecule has 0 heterocycles. The molecule has 0 aliphatic rings. The first kappa shape index (κ1) is 28.4. The molecule has 0 aromatic heterocycles. The molecule has 2 N–H and O–H groups in total. The van der Waals surface area contributed by atoms with Gasteiger partial charge in [-0.1, -0.05) is 96.1 Å². The number of nitrogens with one attached hydrogen (secondary N) is 1. The number of amides is 1. The van der Waals surface area contributed by atoms with Gasteiger partial charge in [-0.2, -0.15) is 0 Å². The lowest BCUT2D eigenvalue weighted by molar-refractivity contribution is 0.0696. The molecule has 2 aromatic rings. The van der Waals surface area contributed by atoms with E-state index >= 15 is 0 Å². The van der Waals surface area contributed by atoms with Crippen molar-refractivity contribution in [1.29, 1.82) is 0 Å². The molecule has 0 fully saturated rings. The summed E-state index contributed by atoms with van der Waals surface area (Å²) in [5.74, 6) is -0.681. The van der Waals surface area contributed by atoms with Crippen LogP contribution < -0.4 is 10.1 Å². The standard InChI is InChI=1S/C30H43NO4/c1-3-4-5-6-7-8-9-10-11-12-13-14-15-17-24-18-16-19-27(35-2)28(24)29(32)31-26-22-20-25(21-23-26)30(33)34/h16,18-23H,3-15,17H2,1-2H3,(H,31,32)(H,33,34). The van der Waals surface area contributed by atoms with E-state index in [0.29, 0.717) is 17.0 Å². The van der Waals surface area contributed by atoms with Crippen molar-refractivity contribution in [2.24, 2.45) is 0 Å². The summed E-state index contributed by atoms with van der Waals surface area (Å²) in [6.45, 7) is 2.26. The Bertz CT molecular complexity index is 892. The second-order valence-corrected chi connectivity index (χ2v) is 9.32. The number of hydrogen-bond donors (Lipinski definition) is 2. The minimum Gasteiger partial charge on any atom is -0.496 e. The zero-order valence-electron chi connectivity index (χ0n) is 21.6. The van der Waals surface area contributed by atoms with Crippen molar-refractivity contribution in [3.8, 4) is 5.75 Å².